The number of hydrogen-bond donors (Lipinski definition) is 2. The number of aliphatic hydroxyl groups excluding tert-OH is 2. The number of rotatable bonds is 4. The molecule has 2 unspecified atom stereocenters. The zero-order valence-corrected chi connectivity index (χ0v) is 8.59. The second kappa shape index (κ2) is 5.39. The van der Waals surface area contributed by atoms with E-state index in [2.05, 4.69) is 0 Å². The monoisotopic (exact) mass is 236 g/mol. The van der Waals surface area contributed by atoms with Crippen LogP contribution in [0.1, 0.15) is 18.1 Å². The molecule has 15 heavy (non-hydrogen) atoms. The molecule has 0 aliphatic rings. The Morgan fingerprint density at radius 2 is 1.73 bits per heavy atom. The average molecular weight is 237 g/mol. The largest absolute Gasteiger partial charge is 0.390 e. The fraction of sp³-hybridized carbons (Fsp3) is 0.400. The van der Waals surface area contributed by atoms with Crippen LogP contribution in [0.15, 0.2) is 18.2 Å². The third-order valence-corrected chi connectivity index (χ3v) is 2.28. The van der Waals surface area contributed by atoms with Crippen LogP contribution in [-0.4, -0.2) is 22.2 Å². The predicted octanol–water partition coefficient (Wildman–Crippen LogP) is 1.99. The van der Waals surface area contributed by atoms with E-state index in [1.165, 1.54) is 6.07 Å². The molecule has 0 saturated carbocycles. The summed E-state index contributed by atoms with van der Waals surface area (Å²) in [5.41, 5.74) is -0.518. The van der Waals surface area contributed by atoms with Crippen LogP contribution in [0.25, 0.3) is 0 Å². The molecule has 0 fully saturated rings. The van der Waals surface area contributed by atoms with Crippen LogP contribution in [0.4, 0.5) is 8.78 Å². The number of hydrogen-bond acceptors (Lipinski definition) is 2. The van der Waals surface area contributed by atoms with Crippen molar-refractivity contribution in [2.45, 2.75) is 18.6 Å². The molecule has 0 aliphatic carbocycles. The Labute approximate surface area is 91.1 Å². The van der Waals surface area contributed by atoms with Crippen molar-refractivity contribution < 1.29 is 19.0 Å². The molecule has 5 heteroatoms. The minimum absolute atomic E-state index is 0.0660. The molecule has 0 amide bonds. The predicted molar refractivity (Wildman–Crippen MR) is 52.7 cm³/mol. The van der Waals surface area contributed by atoms with E-state index in [9.17, 15) is 19.0 Å². The minimum atomic E-state index is -1.59. The second-order valence-electron chi connectivity index (χ2n) is 3.13. The third-order valence-electron chi connectivity index (χ3n) is 2.06. The van der Waals surface area contributed by atoms with Gasteiger partial charge in [0.15, 0.2) is 0 Å². The number of alkyl halides is 1. The van der Waals surface area contributed by atoms with E-state index in [0.717, 1.165) is 12.1 Å². The smallest absolute Gasteiger partial charge is 0.132 e. The summed E-state index contributed by atoms with van der Waals surface area (Å²) in [6.07, 6.45) is -2.80. The van der Waals surface area contributed by atoms with Crippen LogP contribution in [-0.2, 0) is 0 Å². The summed E-state index contributed by atoms with van der Waals surface area (Å²) in [5, 5.41) is 18.8. The summed E-state index contributed by atoms with van der Waals surface area (Å²) in [6.45, 7) is 0. The van der Waals surface area contributed by atoms with Crippen molar-refractivity contribution in [3.8, 4) is 0 Å². The van der Waals surface area contributed by atoms with E-state index in [1.807, 2.05) is 0 Å². The first-order valence-corrected chi connectivity index (χ1v) is 4.97. The Balaban J connectivity index is 2.94. The van der Waals surface area contributed by atoms with Crippen LogP contribution in [0.5, 0.6) is 0 Å². The Morgan fingerprint density at radius 3 is 2.20 bits per heavy atom. The molecule has 0 saturated heterocycles. The Kier molecular flexibility index (Phi) is 4.45. The van der Waals surface area contributed by atoms with Gasteiger partial charge in [0, 0.05) is 5.88 Å². The highest BCUT2D eigenvalue weighted by atomic mass is 35.5. The molecule has 0 heterocycles. The number of halogens is 3. The van der Waals surface area contributed by atoms with E-state index in [0.29, 0.717) is 0 Å². The summed E-state index contributed by atoms with van der Waals surface area (Å²) in [5.74, 6) is -1.65. The van der Waals surface area contributed by atoms with Gasteiger partial charge in [-0.2, -0.15) is 0 Å². The topological polar surface area (TPSA) is 40.5 Å². The molecule has 2 nitrogen and oxygen atoms in total. The molecule has 0 bridgehead atoms. The molecule has 2 atom stereocenters. The quantitative estimate of drug-likeness (QED) is 0.785. The minimum Gasteiger partial charge on any atom is -0.390 e. The van der Waals surface area contributed by atoms with Gasteiger partial charge in [0.05, 0.1) is 11.7 Å². The van der Waals surface area contributed by atoms with E-state index in [1.54, 1.807) is 0 Å². The fourth-order valence-electron chi connectivity index (χ4n) is 1.26. The Hall–Kier alpha value is -0.710. The Bertz CT molecular complexity index is 313. The molecular formula is C10H11ClF2O2. The molecule has 0 spiro atoms. The lowest BCUT2D eigenvalue weighted by molar-refractivity contribution is 0.0127. The lowest BCUT2D eigenvalue weighted by atomic mass is 10.0. The van der Waals surface area contributed by atoms with Crippen LogP contribution < -0.4 is 0 Å². The van der Waals surface area contributed by atoms with Gasteiger partial charge in [0.25, 0.3) is 0 Å². The van der Waals surface area contributed by atoms with Crippen molar-refractivity contribution >= 4 is 11.6 Å². The highest BCUT2D eigenvalue weighted by Crippen LogP contribution is 2.24. The molecule has 1 rings (SSSR count). The van der Waals surface area contributed by atoms with Crippen molar-refractivity contribution in [1.82, 2.24) is 0 Å². The van der Waals surface area contributed by atoms with E-state index in [-0.39, 0.29) is 12.3 Å². The van der Waals surface area contributed by atoms with Crippen LogP contribution >= 0.6 is 11.6 Å². The van der Waals surface area contributed by atoms with E-state index < -0.39 is 29.4 Å². The second-order valence-corrected chi connectivity index (χ2v) is 3.50. The summed E-state index contributed by atoms with van der Waals surface area (Å²) in [6, 6.07) is 3.24. The maximum absolute atomic E-state index is 13.2. The summed E-state index contributed by atoms with van der Waals surface area (Å²) >= 11 is 5.35. The molecule has 2 N–H and O–H groups in total. The normalized spacial score (nSPS) is 15.0. The van der Waals surface area contributed by atoms with Crippen LogP contribution in [0.2, 0.25) is 0 Å². The summed E-state index contributed by atoms with van der Waals surface area (Å²) < 4.78 is 26.3. The SMILES string of the molecule is OC(CCCl)C(O)c1c(F)cccc1F. The molecular weight excluding hydrogens is 226 g/mol. The van der Waals surface area contributed by atoms with Gasteiger partial charge >= 0.3 is 0 Å². The lowest BCUT2D eigenvalue weighted by Gasteiger charge is -2.18. The first kappa shape index (κ1) is 12.4. The Morgan fingerprint density at radius 1 is 1.20 bits per heavy atom. The molecule has 1 aromatic rings. The molecule has 84 valence electrons. The van der Waals surface area contributed by atoms with Crippen LogP contribution in [0.3, 0.4) is 0 Å². The van der Waals surface area contributed by atoms with Crippen molar-refractivity contribution in [2.75, 3.05) is 5.88 Å². The van der Waals surface area contributed by atoms with Gasteiger partial charge < -0.3 is 10.2 Å². The van der Waals surface area contributed by atoms with Gasteiger partial charge in [-0.05, 0) is 18.6 Å². The average Bonchev–Trinajstić information content (AvgIpc) is 2.17. The first-order valence-electron chi connectivity index (χ1n) is 4.44. The zero-order valence-electron chi connectivity index (χ0n) is 7.83. The highest BCUT2D eigenvalue weighted by Gasteiger charge is 2.24. The van der Waals surface area contributed by atoms with Gasteiger partial charge in [-0.15, -0.1) is 11.6 Å². The van der Waals surface area contributed by atoms with Gasteiger partial charge in [0.2, 0.25) is 0 Å². The van der Waals surface area contributed by atoms with Crippen molar-refractivity contribution in [3.63, 3.8) is 0 Å². The molecule has 0 radical (unpaired) electrons. The van der Waals surface area contributed by atoms with E-state index >= 15 is 0 Å². The first-order chi connectivity index (χ1) is 7.07. The van der Waals surface area contributed by atoms with Crippen molar-refractivity contribution in [1.29, 1.82) is 0 Å². The van der Waals surface area contributed by atoms with Crippen molar-refractivity contribution in [2.24, 2.45) is 0 Å². The van der Waals surface area contributed by atoms with Gasteiger partial charge in [0.1, 0.15) is 17.7 Å². The maximum Gasteiger partial charge on any atom is 0.132 e. The van der Waals surface area contributed by atoms with Gasteiger partial charge in [-0.1, -0.05) is 6.07 Å². The third kappa shape index (κ3) is 2.87. The van der Waals surface area contributed by atoms with Gasteiger partial charge in [-0.25, -0.2) is 8.78 Å². The molecule has 0 aliphatic heterocycles. The molecule has 1 aromatic carbocycles. The highest BCUT2D eigenvalue weighted by molar-refractivity contribution is 6.17. The van der Waals surface area contributed by atoms with Gasteiger partial charge in [-0.3, -0.25) is 0 Å². The standard InChI is InChI=1S/C10H11ClF2O2/c11-5-4-8(14)10(15)9-6(12)2-1-3-7(9)13/h1-3,8,10,14-15H,4-5H2. The zero-order chi connectivity index (χ0) is 11.4. The summed E-state index contributed by atoms with van der Waals surface area (Å²) in [4.78, 5) is 0. The number of benzene rings is 1. The number of aliphatic hydroxyl groups is 2. The molecule has 0 aromatic heterocycles. The fourth-order valence-corrected chi connectivity index (χ4v) is 1.48. The van der Waals surface area contributed by atoms with Crippen LogP contribution in [0, 0.1) is 11.6 Å². The van der Waals surface area contributed by atoms with E-state index in [4.69, 9.17) is 11.6 Å². The lowest BCUT2D eigenvalue weighted by Crippen LogP contribution is -2.20. The maximum atomic E-state index is 13.2. The van der Waals surface area contributed by atoms with Crippen molar-refractivity contribution in [3.05, 3.63) is 35.4 Å². The summed E-state index contributed by atoms with van der Waals surface area (Å²) in [7, 11) is 0.